The molecule has 1 amide bonds. The topological polar surface area (TPSA) is 32.3 Å². The summed E-state index contributed by atoms with van der Waals surface area (Å²) in [5.74, 6) is 0.117. The summed E-state index contributed by atoms with van der Waals surface area (Å²) in [5.41, 5.74) is 0.737. The van der Waals surface area contributed by atoms with Crippen LogP contribution in [0, 0.1) is 0 Å². The average molecular weight is 418 g/mol. The summed E-state index contributed by atoms with van der Waals surface area (Å²) in [6, 6.07) is 6.17. The van der Waals surface area contributed by atoms with E-state index in [1.54, 1.807) is 0 Å². The SMILES string of the molecule is CCCN(CC1CCCCN1)C(=O)c1cc(Br)cc(Br)c1. The second-order valence-electron chi connectivity index (χ2n) is 5.56. The quantitative estimate of drug-likeness (QED) is 0.778. The lowest BCUT2D eigenvalue weighted by Gasteiger charge is -2.30. The summed E-state index contributed by atoms with van der Waals surface area (Å²) < 4.78 is 1.85. The van der Waals surface area contributed by atoms with Crippen molar-refractivity contribution >= 4 is 37.8 Å². The highest BCUT2D eigenvalue weighted by atomic mass is 79.9. The highest BCUT2D eigenvalue weighted by Gasteiger charge is 2.21. The molecular weight excluding hydrogens is 396 g/mol. The Balaban J connectivity index is 2.10. The first-order chi connectivity index (χ1) is 10.1. The Hall–Kier alpha value is -0.390. The van der Waals surface area contributed by atoms with E-state index in [4.69, 9.17) is 0 Å². The largest absolute Gasteiger partial charge is 0.337 e. The van der Waals surface area contributed by atoms with E-state index in [0.29, 0.717) is 6.04 Å². The third-order valence-electron chi connectivity index (χ3n) is 3.74. The van der Waals surface area contributed by atoms with Gasteiger partial charge in [-0.05, 0) is 44.0 Å². The van der Waals surface area contributed by atoms with E-state index in [9.17, 15) is 4.79 Å². The summed E-state index contributed by atoms with van der Waals surface area (Å²) >= 11 is 6.91. The molecule has 0 aliphatic carbocycles. The fourth-order valence-corrected chi connectivity index (χ4v) is 4.05. The highest BCUT2D eigenvalue weighted by molar-refractivity contribution is 9.11. The zero-order chi connectivity index (χ0) is 15.2. The van der Waals surface area contributed by atoms with Crippen molar-refractivity contribution in [2.75, 3.05) is 19.6 Å². The van der Waals surface area contributed by atoms with Crippen LogP contribution in [0.15, 0.2) is 27.1 Å². The highest BCUT2D eigenvalue weighted by Crippen LogP contribution is 2.21. The van der Waals surface area contributed by atoms with Crippen LogP contribution in [0.2, 0.25) is 0 Å². The molecule has 1 aromatic carbocycles. The van der Waals surface area contributed by atoms with Gasteiger partial charge in [0.2, 0.25) is 0 Å². The summed E-state index contributed by atoms with van der Waals surface area (Å²) in [6.45, 7) is 4.80. The molecule has 21 heavy (non-hydrogen) atoms. The van der Waals surface area contributed by atoms with Crippen LogP contribution in [0.25, 0.3) is 0 Å². The minimum absolute atomic E-state index is 0.117. The van der Waals surface area contributed by atoms with Gasteiger partial charge in [0.25, 0.3) is 5.91 Å². The molecule has 1 N–H and O–H groups in total. The molecule has 5 heteroatoms. The second kappa shape index (κ2) is 8.30. The molecule has 1 aromatic rings. The van der Waals surface area contributed by atoms with Crippen molar-refractivity contribution in [2.45, 2.75) is 38.6 Å². The van der Waals surface area contributed by atoms with Crippen LogP contribution in [-0.2, 0) is 0 Å². The molecule has 0 bridgehead atoms. The predicted molar refractivity (Wildman–Crippen MR) is 93.7 cm³/mol. The van der Waals surface area contributed by atoms with Crippen molar-refractivity contribution in [3.8, 4) is 0 Å². The molecule has 1 unspecified atom stereocenters. The maximum Gasteiger partial charge on any atom is 0.253 e. The summed E-state index contributed by atoms with van der Waals surface area (Å²) in [7, 11) is 0. The van der Waals surface area contributed by atoms with Crippen LogP contribution < -0.4 is 5.32 Å². The molecular formula is C16H22Br2N2O. The summed E-state index contributed by atoms with van der Waals surface area (Å²) in [6.07, 6.45) is 4.65. The minimum atomic E-state index is 0.117. The number of carbonyl (C=O) groups excluding carboxylic acids is 1. The molecule has 0 radical (unpaired) electrons. The molecule has 2 rings (SSSR count). The zero-order valence-corrected chi connectivity index (χ0v) is 15.5. The first kappa shape index (κ1) is 17.0. The fourth-order valence-electron chi connectivity index (χ4n) is 2.75. The maximum atomic E-state index is 12.8. The van der Waals surface area contributed by atoms with Gasteiger partial charge in [0, 0.05) is 33.6 Å². The van der Waals surface area contributed by atoms with E-state index in [2.05, 4.69) is 44.1 Å². The second-order valence-corrected chi connectivity index (χ2v) is 7.39. The van der Waals surface area contributed by atoms with Gasteiger partial charge in [-0.25, -0.2) is 0 Å². The van der Waals surface area contributed by atoms with Crippen molar-refractivity contribution in [2.24, 2.45) is 0 Å². The van der Waals surface area contributed by atoms with E-state index in [0.717, 1.165) is 47.0 Å². The number of nitrogens with one attached hydrogen (secondary N) is 1. The lowest BCUT2D eigenvalue weighted by Crippen LogP contribution is -2.46. The maximum absolute atomic E-state index is 12.8. The number of benzene rings is 1. The van der Waals surface area contributed by atoms with Crippen molar-refractivity contribution in [1.29, 1.82) is 0 Å². The third kappa shape index (κ3) is 5.08. The predicted octanol–water partition coefficient (Wildman–Crippen LogP) is 4.21. The van der Waals surface area contributed by atoms with Gasteiger partial charge in [-0.2, -0.15) is 0 Å². The van der Waals surface area contributed by atoms with E-state index in [1.807, 2.05) is 23.1 Å². The van der Waals surface area contributed by atoms with Crippen LogP contribution in [0.1, 0.15) is 43.0 Å². The van der Waals surface area contributed by atoms with Gasteiger partial charge in [0.1, 0.15) is 0 Å². The summed E-state index contributed by atoms with van der Waals surface area (Å²) in [4.78, 5) is 14.8. The van der Waals surface area contributed by atoms with Gasteiger partial charge in [-0.15, -0.1) is 0 Å². The van der Waals surface area contributed by atoms with Gasteiger partial charge in [0.15, 0.2) is 0 Å². The molecule has 1 fully saturated rings. The van der Waals surface area contributed by atoms with Crippen LogP contribution in [0.3, 0.4) is 0 Å². The first-order valence-corrected chi connectivity index (χ1v) is 9.17. The third-order valence-corrected chi connectivity index (χ3v) is 4.66. The van der Waals surface area contributed by atoms with Crippen molar-refractivity contribution in [1.82, 2.24) is 10.2 Å². The van der Waals surface area contributed by atoms with E-state index in [1.165, 1.54) is 12.8 Å². The van der Waals surface area contributed by atoms with E-state index in [-0.39, 0.29) is 5.91 Å². The van der Waals surface area contributed by atoms with Crippen molar-refractivity contribution in [3.05, 3.63) is 32.7 Å². The Morgan fingerprint density at radius 2 is 2.00 bits per heavy atom. The Bertz CT molecular complexity index is 467. The number of carbonyl (C=O) groups is 1. The first-order valence-electron chi connectivity index (χ1n) is 7.59. The van der Waals surface area contributed by atoms with Crippen molar-refractivity contribution < 1.29 is 4.79 Å². The van der Waals surface area contributed by atoms with Gasteiger partial charge >= 0.3 is 0 Å². The van der Waals surface area contributed by atoms with Crippen molar-refractivity contribution in [3.63, 3.8) is 0 Å². The van der Waals surface area contributed by atoms with E-state index < -0.39 is 0 Å². The molecule has 116 valence electrons. The van der Waals surface area contributed by atoms with Crippen LogP contribution in [0.4, 0.5) is 0 Å². The molecule has 1 atom stereocenters. The Labute approximate surface area is 143 Å². The molecule has 1 aliphatic rings. The molecule has 0 aromatic heterocycles. The van der Waals surface area contributed by atoms with Gasteiger partial charge < -0.3 is 10.2 Å². The standard InChI is InChI=1S/C16H22Br2N2O/c1-2-7-20(11-15-5-3-4-6-19-15)16(21)12-8-13(17)10-14(18)9-12/h8-10,15,19H,2-7,11H2,1H3. The van der Waals surface area contributed by atoms with Crippen LogP contribution >= 0.6 is 31.9 Å². The number of hydrogen-bond acceptors (Lipinski definition) is 2. The van der Waals surface area contributed by atoms with Gasteiger partial charge in [0.05, 0.1) is 0 Å². The van der Waals surface area contributed by atoms with E-state index >= 15 is 0 Å². The van der Waals surface area contributed by atoms with Gasteiger partial charge in [-0.3, -0.25) is 4.79 Å². The lowest BCUT2D eigenvalue weighted by atomic mass is 10.0. The van der Waals surface area contributed by atoms with Crippen LogP contribution in [0.5, 0.6) is 0 Å². The number of nitrogens with zero attached hydrogens (tertiary/aromatic N) is 1. The van der Waals surface area contributed by atoms with Gasteiger partial charge in [-0.1, -0.05) is 45.2 Å². The lowest BCUT2D eigenvalue weighted by molar-refractivity contribution is 0.0731. The number of amides is 1. The molecule has 3 nitrogen and oxygen atoms in total. The Morgan fingerprint density at radius 3 is 2.57 bits per heavy atom. The number of halogens is 2. The molecule has 0 saturated carbocycles. The zero-order valence-electron chi connectivity index (χ0n) is 12.4. The molecule has 0 spiro atoms. The van der Waals surface area contributed by atoms with Crippen LogP contribution in [-0.4, -0.2) is 36.5 Å². The number of piperidine rings is 1. The number of hydrogen-bond donors (Lipinski definition) is 1. The average Bonchev–Trinajstić information content (AvgIpc) is 2.46. The fraction of sp³-hybridized carbons (Fsp3) is 0.562. The minimum Gasteiger partial charge on any atom is -0.337 e. The monoisotopic (exact) mass is 416 g/mol. The normalized spacial score (nSPS) is 18.5. The molecule has 1 saturated heterocycles. The Kier molecular flexibility index (Phi) is 6.71. The molecule has 1 aliphatic heterocycles. The summed E-state index contributed by atoms with van der Waals surface area (Å²) in [5, 5.41) is 3.52. The smallest absolute Gasteiger partial charge is 0.253 e. The Morgan fingerprint density at radius 1 is 1.29 bits per heavy atom. The number of rotatable bonds is 5. The molecule has 1 heterocycles.